The quantitative estimate of drug-likeness (QED) is 0.610. The van der Waals surface area contributed by atoms with Gasteiger partial charge in [0.25, 0.3) is 0 Å². The van der Waals surface area contributed by atoms with Crippen LogP contribution in [0.25, 0.3) is 0 Å². The minimum Gasteiger partial charge on any atom is -0.388 e. The van der Waals surface area contributed by atoms with Gasteiger partial charge in [0.15, 0.2) is 12.1 Å². The van der Waals surface area contributed by atoms with Crippen LogP contribution in [0.4, 0.5) is 13.2 Å². The number of alkyl halides is 3. The van der Waals surface area contributed by atoms with Crippen molar-refractivity contribution in [3.8, 4) is 0 Å². The summed E-state index contributed by atoms with van der Waals surface area (Å²) in [5.41, 5.74) is 1.02. The Hall–Kier alpha value is -1.84. The summed E-state index contributed by atoms with van der Waals surface area (Å²) in [4.78, 5) is 15.4. The fraction of sp³-hybridized carbons (Fsp3) is 0.444. The van der Waals surface area contributed by atoms with Crippen LogP contribution in [0.3, 0.4) is 0 Å². The van der Waals surface area contributed by atoms with Crippen molar-refractivity contribution in [2.75, 3.05) is 27.0 Å². The summed E-state index contributed by atoms with van der Waals surface area (Å²) in [6.07, 6.45) is -1.49. The topological polar surface area (TPSA) is 56.1 Å². The number of nitrogens with one attached hydrogen (secondary N) is 1. The lowest BCUT2D eigenvalue weighted by Crippen LogP contribution is -2.25. The number of aromatic nitrogens is 2. The summed E-state index contributed by atoms with van der Waals surface area (Å²) in [6, 6.07) is 5.42. The number of carbonyl (C=O) groups excluding carboxylic acids is 1. The van der Waals surface area contributed by atoms with Gasteiger partial charge in [-0.25, -0.2) is 4.98 Å². The highest BCUT2D eigenvalue weighted by Gasteiger charge is 2.33. The van der Waals surface area contributed by atoms with Gasteiger partial charge in [0.05, 0.1) is 17.8 Å². The first kappa shape index (κ1) is 23.2. The Morgan fingerprint density at radius 3 is 2.52 bits per heavy atom. The molecule has 0 spiro atoms. The van der Waals surface area contributed by atoms with E-state index in [0.29, 0.717) is 19.3 Å². The molecule has 27 heavy (non-hydrogen) atoms. The number of rotatable bonds is 3. The average Bonchev–Trinajstić information content (AvgIpc) is 3.01. The molecule has 1 aromatic heterocycles. The van der Waals surface area contributed by atoms with Crippen molar-refractivity contribution in [1.29, 1.82) is 0 Å². The van der Waals surface area contributed by atoms with Gasteiger partial charge in [0, 0.05) is 39.4 Å². The molecule has 1 aliphatic rings. The van der Waals surface area contributed by atoms with Crippen LogP contribution < -0.4 is 5.32 Å². The van der Waals surface area contributed by atoms with E-state index < -0.39 is 11.7 Å². The lowest BCUT2D eigenvalue weighted by atomic mass is 10.1. The third-order valence-electron chi connectivity index (χ3n) is 3.77. The van der Waals surface area contributed by atoms with Gasteiger partial charge in [0.2, 0.25) is 0 Å². The van der Waals surface area contributed by atoms with E-state index in [1.165, 1.54) is 12.1 Å². The number of thiol groups is 1. The van der Waals surface area contributed by atoms with Gasteiger partial charge in [-0.05, 0) is 17.9 Å². The van der Waals surface area contributed by atoms with Crippen LogP contribution in [0.15, 0.2) is 24.3 Å². The minimum atomic E-state index is -4.42. The smallest absolute Gasteiger partial charge is 0.388 e. The van der Waals surface area contributed by atoms with E-state index in [-0.39, 0.29) is 17.9 Å². The number of ether oxygens (including phenoxy) is 1. The van der Waals surface area contributed by atoms with Crippen molar-refractivity contribution in [1.82, 2.24) is 14.9 Å². The lowest BCUT2D eigenvalue weighted by Gasteiger charge is -2.18. The normalized spacial score (nSPS) is 12.9. The Labute approximate surface area is 162 Å². The molecule has 0 unspecified atom stereocenters. The largest absolute Gasteiger partial charge is 0.416 e. The Kier molecular flexibility index (Phi) is 9.54. The predicted molar refractivity (Wildman–Crippen MR) is 101 cm³/mol. The molecule has 2 aromatic rings. The van der Waals surface area contributed by atoms with Gasteiger partial charge >= 0.3 is 6.18 Å². The zero-order valence-electron chi connectivity index (χ0n) is 15.5. The Bertz CT molecular complexity index is 733. The molecular formula is C18H24F3N3O2S. The number of nitrogens with zero attached hydrogens (tertiary/aromatic N) is 2. The van der Waals surface area contributed by atoms with Crippen LogP contribution in [0, 0.1) is 0 Å². The summed E-state index contributed by atoms with van der Waals surface area (Å²) in [5.74, 6) is 0.172. The molecule has 0 radical (unpaired) electrons. The van der Waals surface area contributed by atoms with Crippen LogP contribution in [0.2, 0.25) is 0 Å². The Morgan fingerprint density at radius 1 is 1.30 bits per heavy atom. The molecule has 1 N–H and O–H groups in total. The molecule has 150 valence electrons. The highest BCUT2D eigenvalue weighted by molar-refractivity contribution is 7.79. The summed E-state index contributed by atoms with van der Waals surface area (Å²) in [5, 5.41) is 3.13. The molecule has 2 heterocycles. The van der Waals surface area contributed by atoms with Crippen molar-refractivity contribution in [2.45, 2.75) is 25.7 Å². The molecular weight excluding hydrogens is 379 g/mol. The zero-order valence-corrected chi connectivity index (χ0v) is 16.4. The lowest BCUT2D eigenvalue weighted by molar-refractivity contribution is -0.138. The van der Waals surface area contributed by atoms with E-state index in [1.54, 1.807) is 31.1 Å². The molecule has 0 amide bonds. The zero-order chi connectivity index (χ0) is 20.4. The second kappa shape index (κ2) is 11.1. The van der Waals surface area contributed by atoms with Crippen molar-refractivity contribution in [3.63, 3.8) is 0 Å². The second-order valence-corrected chi connectivity index (χ2v) is 5.56. The molecule has 0 saturated heterocycles. The molecule has 3 rings (SSSR count). The second-order valence-electron chi connectivity index (χ2n) is 5.56. The van der Waals surface area contributed by atoms with E-state index in [2.05, 4.69) is 27.7 Å². The number of halogens is 3. The number of methoxy groups -OCH3 is 1. The molecule has 1 aliphatic heterocycles. The minimum absolute atomic E-state index is 0.00785. The number of carbonyl (C=O) groups is 1. The first-order valence-electron chi connectivity index (χ1n) is 8.16. The molecule has 0 bridgehead atoms. The van der Waals surface area contributed by atoms with E-state index in [4.69, 9.17) is 0 Å². The average molecular weight is 403 g/mol. The van der Waals surface area contributed by atoms with Gasteiger partial charge in [0.1, 0.15) is 0 Å². The maximum atomic E-state index is 13.1. The number of fused-ring (bicyclic) bond motifs is 1. The highest BCUT2D eigenvalue weighted by atomic mass is 32.1. The first-order chi connectivity index (χ1) is 12.9. The summed E-state index contributed by atoms with van der Waals surface area (Å²) in [7, 11) is 3.25. The number of aldehydes is 1. The molecule has 1 aromatic carbocycles. The fourth-order valence-electron chi connectivity index (χ4n) is 2.76. The van der Waals surface area contributed by atoms with Crippen molar-refractivity contribution in [3.05, 3.63) is 52.6 Å². The van der Waals surface area contributed by atoms with E-state index in [0.717, 1.165) is 24.0 Å². The standard InChI is InChI=1S/C15H14F3N3O.C2H6O.CH4S/c16-15(17,18)11-4-2-1-3-10(11)8-21-13-5-6-19-7-12(13)20-14(21)9-22;1-3-2;1-2/h1-4,9,19H,5-8H2;1-2H3;2H,1H3. The van der Waals surface area contributed by atoms with E-state index in [9.17, 15) is 18.0 Å². The van der Waals surface area contributed by atoms with Crippen LogP contribution in [0.1, 0.15) is 33.1 Å². The van der Waals surface area contributed by atoms with Crippen molar-refractivity contribution >= 4 is 18.9 Å². The molecule has 0 atom stereocenters. The molecule has 9 heteroatoms. The fourth-order valence-corrected chi connectivity index (χ4v) is 2.76. The van der Waals surface area contributed by atoms with E-state index >= 15 is 0 Å². The maximum Gasteiger partial charge on any atom is 0.416 e. The van der Waals surface area contributed by atoms with Crippen molar-refractivity contribution in [2.24, 2.45) is 0 Å². The summed E-state index contributed by atoms with van der Waals surface area (Å²) >= 11 is 3.53. The molecule has 0 fully saturated rings. The summed E-state index contributed by atoms with van der Waals surface area (Å²) < 4.78 is 45.1. The van der Waals surface area contributed by atoms with Crippen molar-refractivity contribution < 1.29 is 22.7 Å². The van der Waals surface area contributed by atoms with Gasteiger partial charge in [-0.3, -0.25) is 4.79 Å². The predicted octanol–water partition coefficient (Wildman–Crippen LogP) is 3.22. The molecule has 5 nitrogen and oxygen atoms in total. The van der Waals surface area contributed by atoms with Gasteiger partial charge < -0.3 is 14.6 Å². The third kappa shape index (κ3) is 6.08. The van der Waals surface area contributed by atoms with Gasteiger partial charge in [-0.15, -0.1) is 0 Å². The Morgan fingerprint density at radius 2 is 1.93 bits per heavy atom. The Balaban J connectivity index is 0.000000665. The van der Waals surface area contributed by atoms with Crippen LogP contribution in [-0.4, -0.2) is 42.9 Å². The van der Waals surface area contributed by atoms with Gasteiger partial charge in [-0.1, -0.05) is 18.2 Å². The van der Waals surface area contributed by atoms with E-state index in [1.807, 2.05) is 0 Å². The molecule has 0 aliphatic carbocycles. The number of hydrogen-bond acceptors (Lipinski definition) is 5. The highest BCUT2D eigenvalue weighted by Crippen LogP contribution is 2.32. The number of benzene rings is 1. The van der Waals surface area contributed by atoms with Crippen LogP contribution >= 0.6 is 12.6 Å². The maximum absolute atomic E-state index is 13.1. The molecule has 0 saturated carbocycles. The van der Waals surface area contributed by atoms with Gasteiger partial charge in [-0.2, -0.15) is 25.8 Å². The number of imidazole rings is 1. The SMILES string of the molecule is COC.CS.O=Cc1nc2c(n1Cc1ccccc1C(F)(F)F)CCNC2. The third-order valence-corrected chi connectivity index (χ3v) is 3.77. The first-order valence-corrected chi connectivity index (χ1v) is 9.06. The number of hydrogen-bond donors (Lipinski definition) is 2. The summed E-state index contributed by atoms with van der Waals surface area (Å²) in [6.45, 7) is 1.24. The van der Waals surface area contributed by atoms with Crippen LogP contribution in [-0.2, 0) is 30.4 Å². The monoisotopic (exact) mass is 403 g/mol. The van der Waals surface area contributed by atoms with Crippen LogP contribution in [0.5, 0.6) is 0 Å².